The molecule has 0 spiro atoms. The molecule has 1 unspecified atom stereocenters. The van der Waals surface area contributed by atoms with Crippen LogP contribution in [0.4, 0.5) is 0 Å². The van der Waals surface area contributed by atoms with Gasteiger partial charge in [0.2, 0.25) is 0 Å². The first-order valence-electron chi connectivity index (χ1n) is 4.51. The second-order valence-corrected chi connectivity index (χ2v) is 6.22. The van der Waals surface area contributed by atoms with Crippen molar-refractivity contribution in [2.45, 2.75) is 26.3 Å². The van der Waals surface area contributed by atoms with E-state index in [2.05, 4.69) is 28.2 Å². The van der Waals surface area contributed by atoms with Crippen LogP contribution in [0.25, 0.3) is 0 Å². The molecule has 0 bridgehead atoms. The maximum Gasteiger partial charge on any atom is 0.150 e. The van der Waals surface area contributed by atoms with Crippen LogP contribution >= 0.6 is 15.9 Å². The number of halogens is 1. The molecule has 0 radical (unpaired) electrons. The van der Waals surface area contributed by atoms with E-state index in [9.17, 15) is 8.42 Å². The molecular weight excluding hydrogens is 254 g/mol. The first kappa shape index (κ1) is 13.4. The minimum Gasteiger partial charge on any atom is -0.313 e. The van der Waals surface area contributed by atoms with Crippen molar-refractivity contribution in [2.24, 2.45) is 0 Å². The lowest BCUT2D eigenvalue weighted by Gasteiger charge is -2.09. The molecule has 0 saturated heterocycles. The quantitative estimate of drug-likeness (QED) is 0.559. The molecule has 1 atom stereocenters. The summed E-state index contributed by atoms with van der Waals surface area (Å²) in [4.78, 5) is 0. The number of rotatable bonds is 7. The van der Waals surface area contributed by atoms with E-state index >= 15 is 0 Å². The molecule has 0 aliphatic heterocycles. The smallest absolute Gasteiger partial charge is 0.150 e. The maximum atomic E-state index is 11.1. The lowest BCUT2D eigenvalue weighted by Crippen LogP contribution is -2.29. The van der Waals surface area contributed by atoms with Crippen molar-refractivity contribution in [3.63, 3.8) is 0 Å². The van der Waals surface area contributed by atoms with Crippen molar-refractivity contribution in [2.75, 3.05) is 23.4 Å². The molecule has 0 aliphatic rings. The number of hydrogen-bond acceptors (Lipinski definition) is 3. The van der Waals surface area contributed by atoms with Gasteiger partial charge in [-0.3, -0.25) is 0 Å². The van der Waals surface area contributed by atoms with Crippen LogP contribution in [0.3, 0.4) is 0 Å². The fourth-order valence-corrected chi connectivity index (χ4v) is 1.94. The van der Waals surface area contributed by atoms with Crippen LogP contribution in [0.2, 0.25) is 0 Å². The number of alkyl halides is 1. The third kappa shape index (κ3) is 7.46. The van der Waals surface area contributed by atoms with Gasteiger partial charge in [0.05, 0.1) is 5.75 Å². The molecule has 0 rings (SSSR count). The average Bonchev–Trinajstić information content (AvgIpc) is 2.12. The van der Waals surface area contributed by atoms with Gasteiger partial charge >= 0.3 is 0 Å². The molecule has 0 aromatic heterocycles. The molecule has 80 valence electrons. The van der Waals surface area contributed by atoms with Crippen LogP contribution in [0.1, 0.15) is 20.3 Å². The van der Waals surface area contributed by atoms with Crippen molar-refractivity contribution in [1.29, 1.82) is 0 Å². The van der Waals surface area contributed by atoms with Gasteiger partial charge in [-0.1, -0.05) is 22.9 Å². The zero-order valence-corrected chi connectivity index (χ0v) is 10.6. The van der Waals surface area contributed by atoms with Crippen molar-refractivity contribution < 1.29 is 8.42 Å². The topological polar surface area (TPSA) is 46.2 Å². The van der Waals surface area contributed by atoms with Gasteiger partial charge in [0.1, 0.15) is 9.84 Å². The van der Waals surface area contributed by atoms with E-state index in [1.807, 2.05) is 0 Å². The van der Waals surface area contributed by atoms with Crippen molar-refractivity contribution in [1.82, 2.24) is 5.32 Å². The summed E-state index contributed by atoms with van der Waals surface area (Å²) in [5.74, 6) is 0.548. The molecule has 0 aromatic rings. The second kappa shape index (κ2) is 6.79. The summed E-state index contributed by atoms with van der Waals surface area (Å²) < 4.78 is 22.2. The third-order valence-corrected chi connectivity index (χ3v) is 4.56. The van der Waals surface area contributed by atoms with E-state index < -0.39 is 9.84 Å². The van der Waals surface area contributed by atoms with E-state index in [4.69, 9.17) is 0 Å². The van der Waals surface area contributed by atoms with E-state index in [1.54, 1.807) is 6.92 Å². The highest BCUT2D eigenvalue weighted by Gasteiger charge is 2.06. The molecule has 0 saturated carbocycles. The van der Waals surface area contributed by atoms with Crippen LogP contribution in [0, 0.1) is 0 Å². The normalized spacial score (nSPS) is 14.4. The predicted octanol–water partition coefficient (Wildman–Crippen LogP) is 1.18. The Morgan fingerprint density at radius 1 is 1.46 bits per heavy atom. The summed E-state index contributed by atoms with van der Waals surface area (Å²) in [5, 5.41) is 4.11. The molecule has 0 fully saturated rings. The van der Waals surface area contributed by atoms with Crippen LogP contribution in [0.5, 0.6) is 0 Å². The van der Waals surface area contributed by atoms with Crippen molar-refractivity contribution in [3.05, 3.63) is 0 Å². The van der Waals surface area contributed by atoms with Crippen molar-refractivity contribution >= 4 is 25.8 Å². The van der Waals surface area contributed by atoms with Gasteiger partial charge in [-0.15, -0.1) is 0 Å². The van der Waals surface area contributed by atoms with Crippen LogP contribution in [-0.4, -0.2) is 37.8 Å². The van der Waals surface area contributed by atoms with Crippen LogP contribution in [0.15, 0.2) is 0 Å². The minimum absolute atomic E-state index is 0.251. The Balaban J connectivity index is 3.47. The van der Waals surface area contributed by atoms with E-state index in [0.717, 1.165) is 11.9 Å². The lowest BCUT2D eigenvalue weighted by molar-refractivity contribution is 0.574. The van der Waals surface area contributed by atoms with Crippen LogP contribution in [-0.2, 0) is 9.84 Å². The second-order valence-electron chi connectivity index (χ2n) is 3.10. The van der Waals surface area contributed by atoms with Gasteiger partial charge in [0, 0.05) is 17.1 Å². The number of sulfone groups is 1. The molecule has 3 nitrogen and oxygen atoms in total. The summed E-state index contributed by atoms with van der Waals surface area (Å²) >= 11 is 3.34. The molecule has 1 N–H and O–H groups in total. The summed E-state index contributed by atoms with van der Waals surface area (Å²) in [5.41, 5.74) is 0. The van der Waals surface area contributed by atoms with Gasteiger partial charge in [0.15, 0.2) is 0 Å². The van der Waals surface area contributed by atoms with Gasteiger partial charge in [0.25, 0.3) is 0 Å². The van der Waals surface area contributed by atoms with Gasteiger partial charge in [-0.05, 0) is 19.9 Å². The standard InChI is InChI=1S/C8H18BrNO2S/c1-3-13(11,12)6-4-5-10-8(2)7-9/h8,10H,3-7H2,1-2H3. The molecular formula is C8H18BrNO2S. The van der Waals surface area contributed by atoms with Crippen molar-refractivity contribution in [3.8, 4) is 0 Å². The van der Waals surface area contributed by atoms with E-state index in [-0.39, 0.29) is 5.75 Å². The largest absolute Gasteiger partial charge is 0.313 e. The Bertz CT molecular complexity index is 216. The number of nitrogens with one attached hydrogen (secondary N) is 1. The molecule has 0 amide bonds. The first-order valence-corrected chi connectivity index (χ1v) is 7.46. The molecule has 0 aliphatic carbocycles. The SMILES string of the molecule is CCS(=O)(=O)CCCNC(C)CBr. The summed E-state index contributed by atoms with van der Waals surface area (Å²) in [6.45, 7) is 4.51. The fraction of sp³-hybridized carbons (Fsp3) is 1.00. The van der Waals surface area contributed by atoms with Gasteiger partial charge in [-0.2, -0.15) is 0 Å². The summed E-state index contributed by atoms with van der Waals surface area (Å²) in [6.07, 6.45) is 0.702. The highest BCUT2D eigenvalue weighted by atomic mass is 79.9. The van der Waals surface area contributed by atoms with E-state index in [0.29, 0.717) is 18.2 Å². The number of hydrogen-bond donors (Lipinski definition) is 1. The fourth-order valence-electron chi connectivity index (χ4n) is 0.839. The molecule has 0 heterocycles. The summed E-state index contributed by atoms with van der Waals surface area (Å²) in [7, 11) is -2.78. The summed E-state index contributed by atoms with van der Waals surface area (Å²) in [6, 6.07) is 0.407. The molecule has 5 heteroatoms. The lowest BCUT2D eigenvalue weighted by atomic mass is 10.4. The first-order chi connectivity index (χ1) is 6.02. The Kier molecular flexibility index (Phi) is 6.99. The highest BCUT2D eigenvalue weighted by molar-refractivity contribution is 9.09. The molecule has 13 heavy (non-hydrogen) atoms. The minimum atomic E-state index is -2.78. The maximum absolute atomic E-state index is 11.1. The zero-order chi connectivity index (χ0) is 10.3. The monoisotopic (exact) mass is 271 g/mol. The Labute approximate surface area is 89.3 Å². The van der Waals surface area contributed by atoms with E-state index in [1.165, 1.54) is 0 Å². The highest BCUT2D eigenvalue weighted by Crippen LogP contribution is 1.94. The third-order valence-electron chi connectivity index (χ3n) is 1.80. The average molecular weight is 272 g/mol. The van der Waals surface area contributed by atoms with Gasteiger partial charge < -0.3 is 5.32 Å². The predicted molar refractivity (Wildman–Crippen MR) is 60.2 cm³/mol. The Hall–Kier alpha value is 0.390. The zero-order valence-electron chi connectivity index (χ0n) is 8.22. The Morgan fingerprint density at radius 3 is 2.54 bits per heavy atom. The molecule has 0 aromatic carbocycles. The van der Waals surface area contributed by atoms with Gasteiger partial charge in [-0.25, -0.2) is 8.42 Å². The Morgan fingerprint density at radius 2 is 2.08 bits per heavy atom. The van der Waals surface area contributed by atoms with Crippen LogP contribution < -0.4 is 5.32 Å².